The summed E-state index contributed by atoms with van der Waals surface area (Å²) < 4.78 is 37.6. The van der Waals surface area contributed by atoms with E-state index in [4.69, 9.17) is 0 Å². The summed E-state index contributed by atoms with van der Waals surface area (Å²) in [7, 11) is 0. The summed E-state index contributed by atoms with van der Waals surface area (Å²) in [5.74, 6) is -1.07. The van der Waals surface area contributed by atoms with Gasteiger partial charge in [-0.05, 0) is 29.8 Å². The first-order valence-corrected chi connectivity index (χ1v) is 5.19. The molecule has 0 N–H and O–H groups in total. The lowest BCUT2D eigenvalue weighted by molar-refractivity contribution is -0.0610. The summed E-state index contributed by atoms with van der Waals surface area (Å²) in [6.07, 6.45) is -4.49. The van der Waals surface area contributed by atoms with Crippen molar-refractivity contribution in [2.45, 2.75) is 39.4 Å². The molecule has 1 aliphatic heterocycles. The van der Waals surface area contributed by atoms with Gasteiger partial charge >= 0.3 is 6.18 Å². The molecule has 0 aromatic carbocycles. The Bertz CT molecular complexity index is 340. The van der Waals surface area contributed by atoms with Gasteiger partial charge in [-0.2, -0.15) is 13.2 Å². The molecule has 0 amide bonds. The lowest BCUT2D eigenvalue weighted by atomic mass is 9.75. The lowest BCUT2D eigenvalue weighted by Crippen LogP contribution is -2.47. The molecule has 0 saturated heterocycles. The number of halogens is 4. The monoisotopic (exact) mass is 284 g/mol. The zero-order valence-corrected chi connectivity index (χ0v) is 10.5. The number of amidine groups is 1. The van der Waals surface area contributed by atoms with E-state index in [9.17, 15) is 13.2 Å². The van der Waals surface area contributed by atoms with E-state index in [1.54, 1.807) is 27.7 Å². The van der Waals surface area contributed by atoms with Gasteiger partial charge in [-0.3, -0.25) is 4.99 Å². The zero-order valence-electron chi connectivity index (χ0n) is 8.91. The van der Waals surface area contributed by atoms with Crippen LogP contribution in [0.1, 0.15) is 27.7 Å². The fraction of sp³-hybridized carbons (Fsp3) is 0.778. The largest absolute Gasteiger partial charge is 0.451 e. The fourth-order valence-electron chi connectivity index (χ4n) is 1.04. The molecule has 0 atom stereocenters. The van der Waals surface area contributed by atoms with E-state index in [0.717, 1.165) is 0 Å². The minimum atomic E-state index is -4.49. The second kappa shape index (κ2) is 3.30. The minimum Gasteiger partial charge on any atom is -0.255 e. The fourth-order valence-corrected chi connectivity index (χ4v) is 1.69. The van der Waals surface area contributed by atoms with Crippen LogP contribution in [0.25, 0.3) is 0 Å². The Hall–Kier alpha value is -0.390. The van der Waals surface area contributed by atoms with Crippen LogP contribution in [0.2, 0.25) is 0 Å². The third-order valence-corrected chi connectivity index (χ3v) is 4.06. The number of hydrogen-bond donors (Lipinski definition) is 0. The number of alkyl halides is 3. The van der Waals surface area contributed by atoms with E-state index >= 15 is 0 Å². The Labute approximate surface area is 94.8 Å². The van der Waals surface area contributed by atoms with Crippen LogP contribution < -0.4 is 0 Å². The molecule has 0 saturated carbocycles. The average Bonchev–Trinajstić information content (AvgIpc) is 1.98. The second-order valence-corrected chi connectivity index (χ2v) is 5.27. The summed E-state index contributed by atoms with van der Waals surface area (Å²) >= 11 is 3.09. The molecule has 86 valence electrons. The van der Waals surface area contributed by atoms with Crippen molar-refractivity contribution in [2.24, 2.45) is 15.4 Å². The van der Waals surface area contributed by atoms with Crippen molar-refractivity contribution < 1.29 is 13.2 Å². The smallest absolute Gasteiger partial charge is 0.255 e. The third-order valence-electron chi connectivity index (χ3n) is 2.89. The summed E-state index contributed by atoms with van der Waals surface area (Å²) in [5, 5.41) is 0. The molecule has 2 nitrogen and oxygen atoms in total. The van der Waals surface area contributed by atoms with E-state index in [1.165, 1.54) is 0 Å². The molecule has 0 radical (unpaired) electrons. The van der Waals surface area contributed by atoms with Crippen LogP contribution in [0, 0.1) is 5.41 Å². The van der Waals surface area contributed by atoms with E-state index in [2.05, 4.69) is 25.9 Å². The second-order valence-electron chi connectivity index (χ2n) is 4.52. The highest BCUT2D eigenvalue weighted by atomic mass is 79.9. The molecule has 0 aromatic heterocycles. The summed E-state index contributed by atoms with van der Waals surface area (Å²) in [6, 6.07) is 0. The number of rotatable bonds is 0. The van der Waals surface area contributed by atoms with E-state index in [-0.39, 0.29) is 4.62 Å². The molecule has 1 rings (SSSR count). The van der Waals surface area contributed by atoms with E-state index < -0.39 is 23.0 Å². The Kier molecular flexibility index (Phi) is 2.79. The number of nitrogens with zero attached hydrogens (tertiary/aromatic N) is 2. The highest BCUT2D eigenvalue weighted by Crippen LogP contribution is 2.41. The Morgan fingerprint density at radius 1 is 1.13 bits per heavy atom. The van der Waals surface area contributed by atoms with Crippen molar-refractivity contribution in [3.63, 3.8) is 0 Å². The summed E-state index contributed by atoms with van der Waals surface area (Å²) in [5.41, 5.74) is -1.37. The Morgan fingerprint density at radius 3 is 1.93 bits per heavy atom. The lowest BCUT2D eigenvalue weighted by Gasteiger charge is -2.40. The summed E-state index contributed by atoms with van der Waals surface area (Å²) in [4.78, 5) is 7.12. The van der Waals surface area contributed by atoms with Gasteiger partial charge in [0.15, 0.2) is 0 Å². The summed E-state index contributed by atoms with van der Waals surface area (Å²) in [6.45, 7) is 6.93. The first kappa shape index (κ1) is 12.7. The van der Waals surface area contributed by atoms with Crippen LogP contribution >= 0.6 is 15.9 Å². The molecule has 0 aromatic rings. The van der Waals surface area contributed by atoms with Crippen molar-refractivity contribution >= 4 is 26.4 Å². The van der Waals surface area contributed by atoms with Crippen molar-refractivity contribution in [2.75, 3.05) is 0 Å². The van der Waals surface area contributed by atoms with Gasteiger partial charge in [-0.1, -0.05) is 13.8 Å². The van der Waals surface area contributed by atoms with Gasteiger partial charge in [0.25, 0.3) is 0 Å². The molecule has 0 unspecified atom stereocenters. The predicted octanol–water partition coefficient (Wildman–Crippen LogP) is 3.56. The predicted molar refractivity (Wildman–Crippen MR) is 57.7 cm³/mol. The van der Waals surface area contributed by atoms with Gasteiger partial charge in [0, 0.05) is 5.41 Å². The van der Waals surface area contributed by atoms with Gasteiger partial charge in [0.1, 0.15) is 0 Å². The van der Waals surface area contributed by atoms with Crippen LogP contribution in [0.3, 0.4) is 0 Å². The molecule has 1 aliphatic rings. The molecule has 0 spiro atoms. The maximum Gasteiger partial charge on any atom is 0.451 e. The Morgan fingerprint density at radius 2 is 1.60 bits per heavy atom. The van der Waals surface area contributed by atoms with E-state index in [1.807, 2.05) is 0 Å². The highest BCUT2D eigenvalue weighted by Gasteiger charge is 2.48. The molecule has 0 aliphatic carbocycles. The van der Waals surface area contributed by atoms with E-state index in [0.29, 0.717) is 0 Å². The zero-order chi connectivity index (χ0) is 12.1. The standard InChI is InChI=1S/C9H12BrF3N2/c1-7(2)5(10)14-6(9(11,12)13)15-8(7,3)4/h1-4H3. The van der Waals surface area contributed by atoms with Gasteiger partial charge in [0.2, 0.25) is 5.84 Å². The van der Waals surface area contributed by atoms with Crippen LogP contribution in [-0.4, -0.2) is 22.2 Å². The van der Waals surface area contributed by atoms with Crippen molar-refractivity contribution in [1.82, 2.24) is 0 Å². The molecule has 0 fully saturated rings. The molecule has 15 heavy (non-hydrogen) atoms. The first-order chi connectivity index (χ1) is 6.48. The quantitative estimate of drug-likeness (QED) is 0.650. The average molecular weight is 285 g/mol. The minimum absolute atomic E-state index is 0.280. The third kappa shape index (κ3) is 2.09. The maximum absolute atomic E-state index is 12.5. The van der Waals surface area contributed by atoms with Crippen molar-refractivity contribution in [3.05, 3.63) is 0 Å². The van der Waals surface area contributed by atoms with Crippen LogP contribution in [-0.2, 0) is 0 Å². The van der Waals surface area contributed by atoms with Gasteiger partial charge < -0.3 is 0 Å². The SMILES string of the molecule is CC1(C)N=C(C(F)(F)F)N=C(Br)C1(C)C. The normalized spacial score (nSPS) is 24.5. The maximum atomic E-state index is 12.5. The number of hydrogen-bond acceptors (Lipinski definition) is 2. The first-order valence-electron chi connectivity index (χ1n) is 4.40. The Balaban J connectivity index is 3.26. The topological polar surface area (TPSA) is 24.7 Å². The molecule has 1 heterocycles. The van der Waals surface area contributed by atoms with Gasteiger partial charge in [0.05, 0.1) is 10.2 Å². The molecule has 6 heteroatoms. The van der Waals surface area contributed by atoms with Crippen LogP contribution in [0.15, 0.2) is 9.98 Å². The molecular formula is C9H12BrF3N2. The van der Waals surface area contributed by atoms with Crippen molar-refractivity contribution in [1.29, 1.82) is 0 Å². The van der Waals surface area contributed by atoms with Crippen LogP contribution in [0.5, 0.6) is 0 Å². The highest BCUT2D eigenvalue weighted by molar-refractivity contribution is 9.18. The van der Waals surface area contributed by atoms with Gasteiger partial charge in [-0.25, -0.2) is 4.99 Å². The van der Waals surface area contributed by atoms with Crippen LogP contribution in [0.4, 0.5) is 13.2 Å². The van der Waals surface area contributed by atoms with Crippen molar-refractivity contribution in [3.8, 4) is 0 Å². The molecular weight excluding hydrogens is 273 g/mol. The van der Waals surface area contributed by atoms with Gasteiger partial charge in [-0.15, -0.1) is 0 Å². The molecule has 0 bridgehead atoms. The number of aliphatic imine (C=N–C) groups is 2.